The maximum absolute atomic E-state index is 11.4. The maximum Gasteiger partial charge on any atom is 0.252 e. The fraction of sp³-hybridized carbons (Fsp3) is 0.188. The average Bonchev–Trinajstić information content (AvgIpc) is 2.41. The van der Waals surface area contributed by atoms with Crippen LogP contribution in [0.1, 0.15) is 35.7 Å². The van der Waals surface area contributed by atoms with E-state index in [2.05, 4.69) is 13.8 Å². The molecule has 0 heterocycles. The number of anilines is 1. The molecule has 0 aliphatic heterocycles. The molecule has 1 amide bonds. The predicted octanol–water partition coefficient (Wildman–Crippen LogP) is 3.28. The molecule has 2 aromatic rings. The van der Waals surface area contributed by atoms with E-state index in [0.29, 0.717) is 23.1 Å². The van der Waals surface area contributed by atoms with Crippen molar-refractivity contribution in [2.75, 3.05) is 5.73 Å². The normalized spacial score (nSPS) is 10.6. The number of carbonyl (C=O) groups is 1. The summed E-state index contributed by atoms with van der Waals surface area (Å²) in [7, 11) is 0. The fourth-order valence-electron chi connectivity index (χ4n) is 1.90. The van der Waals surface area contributed by atoms with E-state index in [4.69, 9.17) is 16.2 Å². The lowest BCUT2D eigenvalue weighted by Crippen LogP contribution is -2.13. The lowest BCUT2D eigenvalue weighted by atomic mass is 10.0. The van der Waals surface area contributed by atoms with E-state index in [-0.39, 0.29) is 5.56 Å². The van der Waals surface area contributed by atoms with Crippen LogP contribution in [0, 0.1) is 0 Å². The largest absolute Gasteiger partial charge is 0.454 e. The molecule has 0 saturated carbocycles. The van der Waals surface area contributed by atoms with Crippen LogP contribution in [-0.4, -0.2) is 5.91 Å². The van der Waals surface area contributed by atoms with Gasteiger partial charge >= 0.3 is 0 Å². The highest BCUT2D eigenvalue weighted by Gasteiger charge is 2.13. The molecule has 0 aromatic heterocycles. The second kappa shape index (κ2) is 5.65. The van der Waals surface area contributed by atoms with Crippen LogP contribution in [0.4, 0.5) is 5.69 Å². The number of primary amides is 1. The van der Waals surface area contributed by atoms with Crippen molar-refractivity contribution in [2.24, 2.45) is 5.73 Å². The van der Waals surface area contributed by atoms with Gasteiger partial charge in [-0.3, -0.25) is 4.79 Å². The number of para-hydroxylation sites is 1. The molecule has 0 aliphatic carbocycles. The van der Waals surface area contributed by atoms with Gasteiger partial charge in [0.2, 0.25) is 0 Å². The number of amides is 1. The summed E-state index contributed by atoms with van der Waals surface area (Å²) >= 11 is 0. The summed E-state index contributed by atoms with van der Waals surface area (Å²) in [6.07, 6.45) is 0. The van der Waals surface area contributed by atoms with Crippen molar-refractivity contribution in [2.45, 2.75) is 19.8 Å². The zero-order chi connectivity index (χ0) is 14.7. The summed E-state index contributed by atoms with van der Waals surface area (Å²) < 4.78 is 5.71. The first kappa shape index (κ1) is 13.9. The number of hydrogen-bond acceptors (Lipinski definition) is 3. The molecule has 4 N–H and O–H groups in total. The summed E-state index contributed by atoms with van der Waals surface area (Å²) in [4.78, 5) is 11.4. The molecular formula is C16H18N2O2. The minimum atomic E-state index is -0.564. The molecule has 104 valence electrons. The number of nitrogen functional groups attached to an aromatic ring is 1. The number of benzene rings is 2. The van der Waals surface area contributed by atoms with Crippen molar-refractivity contribution in [1.29, 1.82) is 0 Å². The van der Waals surface area contributed by atoms with E-state index in [1.165, 1.54) is 5.56 Å². The molecule has 0 spiro atoms. The maximum atomic E-state index is 11.4. The van der Waals surface area contributed by atoms with Gasteiger partial charge in [0.1, 0.15) is 5.75 Å². The van der Waals surface area contributed by atoms with E-state index >= 15 is 0 Å². The molecule has 2 rings (SSSR count). The summed E-state index contributed by atoms with van der Waals surface area (Å²) in [6.45, 7) is 4.24. The monoisotopic (exact) mass is 270 g/mol. The van der Waals surface area contributed by atoms with Crippen LogP contribution in [0.5, 0.6) is 11.5 Å². The Morgan fingerprint density at radius 2 is 1.75 bits per heavy atom. The summed E-state index contributed by atoms with van der Waals surface area (Å²) in [5, 5.41) is 0. The third-order valence-electron chi connectivity index (χ3n) is 3.08. The Bertz CT molecular complexity index is 619. The molecule has 4 heteroatoms. The van der Waals surface area contributed by atoms with Gasteiger partial charge in [0.05, 0.1) is 11.3 Å². The molecule has 0 saturated heterocycles. The van der Waals surface area contributed by atoms with Crippen molar-refractivity contribution in [3.63, 3.8) is 0 Å². The molecule has 0 bridgehead atoms. The lowest BCUT2D eigenvalue weighted by Gasteiger charge is -2.12. The molecule has 0 fully saturated rings. The van der Waals surface area contributed by atoms with Gasteiger partial charge in [-0.1, -0.05) is 32.0 Å². The van der Waals surface area contributed by atoms with Crippen LogP contribution in [0.3, 0.4) is 0 Å². The minimum Gasteiger partial charge on any atom is -0.454 e. The fourth-order valence-corrected chi connectivity index (χ4v) is 1.90. The van der Waals surface area contributed by atoms with Crippen molar-refractivity contribution in [1.82, 2.24) is 0 Å². The molecule has 0 atom stereocenters. The summed E-state index contributed by atoms with van der Waals surface area (Å²) in [5.41, 5.74) is 13.1. The van der Waals surface area contributed by atoms with Gasteiger partial charge in [0, 0.05) is 0 Å². The number of ether oxygens (including phenoxy) is 1. The van der Waals surface area contributed by atoms with Crippen LogP contribution in [0.25, 0.3) is 0 Å². The number of rotatable bonds is 4. The van der Waals surface area contributed by atoms with E-state index in [9.17, 15) is 4.79 Å². The van der Waals surface area contributed by atoms with Crippen LogP contribution < -0.4 is 16.2 Å². The molecule has 0 radical (unpaired) electrons. The first-order chi connectivity index (χ1) is 9.49. The van der Waals surface area contributed by atoms with Crippen molar-refractivity contribution < 1.29 is 9.53 Å². The molecule has 0 aliphatic rings. The number of hydrogen-bond donors (Lipinski definition) is 2. The van der Waals surface area contributed by atoms with Crippen molar-refractivity contribution in [3.8, 4) is 11.5 Å². The number of nitrogens with two attached hydrogens (primary N) is 2. The standard InChI is InChI=1S/C16H18N2O2/c1-10(2)11-6-8-12(9-7-11)20-15-13(16(18)19)4-3-5-14(15)17/h3-10H,17H2,1-2H3,(H2,18,19). The van der Waals surface area contributed by atoms with Gasteiger partial charge in [0.25, 0.3) is 5.91 Å². The van der Waals surface area contributed by atoms with Gasteiger partial charge in [-0.05, 0) is 35.7 Å². The van der Waals surface area contributed by atoms with Crippen molar-refractivity contribution >= 4 is 11.6 Å². The summed E-state index contributed by atoms with van der Waals surface area (Å²) in [5.74, 6) is 0.810. The highest BCUT2D eigenvalue weighted by molar-refractivity contribution is 5.97. The Hall–Kier alpha value is -2.49. The Kier molecular flexibility index (Phi) is 3.94. The topological polar surface area (TPSA) is 78.3 Å². The lowest BCUT2D eigenvalue weighted by molar-refractivity contribution is 0.0998. The zero-order valence-corrected chi connectivity index (χ0v) is 11.6. The minimum absolute atomic E-state index is 0.276. The van der Waals surface area contributed by atoms with Crippen LogP contribution in [-0.2, 0) is 0 Å². The third kappa shape index (κ3) is 2.91. The van der Waals surface area contributed by atoms with Gasteiger partial charge in [0.15, 0.2) is 5.75 Å². The zero-order valence-electron chi connectivity index (χ0n) is 11.6. The van der Waals surface area contributed by atoms with Crippen LogP contribution in [0.15, 0.2) is 42.5 Å². The molecule has 2 aromatic carbocycles. The Balaban J connectivity index is 2.32. The second-order valence-electron chi connectivity index (χ2n) is 4.91. The first-order valence-electron chi connectivity index (χ1n) is 6.45. The van der Waals surface area contributed by atoms with E-state index < -0.39 is 5.91 Å². The molecular weight excluding hydrogens is 252 g/mol. The Morgan fingerprint density at radius 1 is 1.10 bits per heavy atom. The van der Waals surface area contributed by atoms with Crippen LogP contribution in [0.2, 0.25) is 0 Å². The summed E-state index contributed by atoms with van der Waals surface area (Å²) in [6, 6.07) is 12.6. The Morgan fingerprint density at radius 3 is 2.30 bits per heavy atom. The van der Waals surface area contributed by atoms with E-state index in [0.717, 1.165) is 0 Å². The average molecular weight is 270 g/mol. The second-order valence-corrected chi connectivity index (χ2v) is 4.91. The van der Waals surface area contributed by atoms with Gasteiger partial charge < -0.3 is 16.2 Å². The Labute approximate surface area is 118 Å². The molecule has 0 unspecified atom stereocenters. The van der Waals surface area contributed by atoms with Crippen LogP contribution >= 0.6 is 0 Å². The SMILES string of the molecule is CC(C)c1ccc(Oc2c(N)cccc2C(N)=O)cc1. The highest BCUT2D eigenvalue weighted by atomic mass is 16.5. The van der Waals surface area contributed by atoms with Gasteiger partial charge in [-0.2, -0.15) is 0 Å². The van der Waals surface area contributed by atoms with E-state index in [1.807, 2.05) is 24.3 Å². The predicted molar refractivity (Wildman–Crippen MR) is 80.0 cm³/mol. The number of carbonyl (C=O) groups excluding carboxylic acids is 1. The molecule has 20 heavy (non-hydrogen) atoms. The first-order valence-corrected chi connectivity index (χ1v) is 6.45. The van der Waals surface area contributed by atoms with E-state index in [1.54, 1.807) is 18.2 Å². The van der Waals surface area contributed by atoms with Gasteiger partial charge in [-0.15, -0.1) is 0 Å². The van der Waals surface area contributed by atoms with Crippen molar-refractivity contribution in [3.05, 3.63) is 53.6 Å². The quantitative estimate of drug-likeness (QED) is 0.837. The smallest absolute Gasteiger partial charge is 0.252 e. The molecule has 4 nitrogen and oxygen atoms in total. The third-order valence-corrected chi connectivity index (χ3v) is 3.08. The highest BCUT2D eigenvalue weighted by Crippen LogP contribution is 2.31. The van der Waals surface area contributed by atoms with Gasteiger partial charge in [-0.25, -0.2) is 0 Å².